The number of benzene rings is 3. The van der Waals surface area contributed by atoms with E-state index in [1.807, 2.05) is 48.5 Å². The maximum atomic E-state index is 13.3. The summed E-state index contributed by atoms with van der Waals surface area (Å²) < 4.78 is 15.4. The number of halogens is 2. The molecule has 1 amide bonds. The van der Waals surface area contributed by atoms with Crippen LogP contribution in [0.15, 0.2) is 79.0 Å². The van der Waals surface area contributed by atoms with Crippen molar-refractivity contribution >= 4 is 28.4 Å². The molecule has 0 bridgehead atoms. The number of amides is 1. The van der Waals surface area contributed by atoms with E-state index in [9.17, 15) is 9.18 Å². The van der Waals surface area contributed by atoms with Crippen molar-refractivity contribution in [3.8, 4) is 0 Å². The zero-order valence-electron chi connectivity index (χ0n) is 15.7. The van der Waals surface area contributed by atoms with Crippen molar-refractivity contribution in [2.24, 2.45) is 5.73 Å². The maximum absolute atomic E-state index is 13.3. The minimum atomic E-state index is -0.370. The number of primary amides is 1. The van der Waals surface area contributed by atoms with Gasteiger partial charge in [0.1, 0.15) is 5.82 Å². The van der Waals surface area contributed by atoms with Crippen LogP contribution in [-0.4, -0.2) is 10.5 Å². The summed E-state index contributed by atoms with van der Waals surface area (Å²) in [6.07, 6.45) is 2.24. The van der Waals surface area contributed by atoms with E-state index in [1.165, 1.54) is 12.1 Å². The first-order valence-electron chi connectivity index (χ1n) is 9.37. The molecule has 2 N–H and O–H groups in total. The second-order valence-electron chi connectivity index (χ2n) is 7.13. The van der Waals surface area contributed by atoms with E-state index in [2.05, 4.69) is 10.8 Å². The van der Waals surface area contributed by atoms with Gasteiger partial charge < -0.3 is 10.3 Å². The monoisotopic (exact) mass is 406 g/mol. The Morgan fingerprint density at radius 3 is 2.52 bits per heavy atom. The van der Waals surface area contributed by atoms with Gasteiger partial charge in [-0.2, -0.15) is 0 Å². The average Bonchev–Trinajstić information content (AvgIpc) is 3.06. The van der Waals surface area contributed by atoms with Crippen LogP contribution in [0.2, 0.25) is 5.02 Å². The minimum Gasteiger partial charge on any atom is -0.370 e. The van der Waals surface area contributed by atoms with Crippen LogP contribution in [0.25, 0.3) is 10.9 Å². The molecule has 0 aliphatic carbocycles. The fourth-order valence-electron chi connectivity index (χ4n) is 3.80. The number of para-hydroxylation sites is 1. The Bertz CT molecular complexity index is 1170. The first kappa shape index (κ1) is 19.2. The first-order chi connectivity index (χ1) is 14.0. The van der Waals surface area contributed by atoms with Crippen LogP contribution in [0, 0.1) is 5.82 Å². The van der Waals surface area contributed by atoms with Crippen molar-refractivity contribution in [1.29, 1.82) is 0 Å². The van der Waals surface area contributed by atoms with E-state index >= 15 is 0 Å². The van der Waals surface area contributed by atoms with E-state index in [-0.39, 0.29) is 24.1 Å². The lowest BCUT2D eigenvalue weighted by Gasteiger charge is -2.16. The molecule has 1 aromatic heterocycles. The molecule has 1 heterocycles. The van der Waals surface area contributed by atoms with Gasteiger partial charge in [-0.15, -0.1) is 0 Å². The summed E-state index contributed by atoms with van der Waals surface area (Å²) in [5.41, 5.74) is 9.58. The summed E-state index contributed by atoms with van der Waals surface area (Å²) in [7, 11) is 0. The molecule has 0 aliphatic heterocycles. The fraction of sp³-hybridized carbons (Fsp3) is 0.125. The summed E-state index contributed by atoms with van der Waals surface area (Å²) in [6, 6.07) is 22.1. The number of hydrogen-bond donors (Lipinski definition) is 1. The summed E-state index contributed by atoms with van der Waals surface area (Å²) >= 11 is 6.20. The topological polar surface area (TPSA) is 48.0 Å². The number of fused-ring (bicyclic) bond motifs is 1. The van der Waals surface area contributed by atoms with Gasteiger partial charge in [0.15, 0.2) is 0 Å². The van der Waals surface area contributed by atoms with Gasteiger partial charge in [-0.05, 0) is 47.0 Å². The lowest BCUT2D eigenvalue weighted by atomic mass is 9.88. The highest BCUT2D eigenvalue weighted by molar-refractivity contribution is 6.30. The van der Waals surface area contributed by atoms with E-state index in [4.69, 9.17) is 17.3 Å². The van der Waals surface area contributed by atoms with Gasteiger partial charge >= 0.3 is 0 Å². The Morgan fingerprint density at radius 2 is 1.79 bits per heavy atom. The summed E-state index contributed by atoms with van der Waals surface area (Å²) in [5.74, 6) is -0.829. The molecule has 3 aromatic carbocycles. The van der Waals surface area contributed by atoms with Gasteiger partial charge in [0.05, 0.1) is 0 Å². The predicted molar refractivity (Wildman–Crippen MR) is 115 cm³/mol. The zero-order valence-corrected chi connectivity index (χ0v) is 16.4. The summed E-state index contributed by atoms with van der Waals surface area (Å²) in [5, 5.41) is 1.67. The molecular formula is C24H20ClFN2O. The van der Waals surface area contributed by atoms with Crippen LogP contribution in [0.5, 0.6) is 0 Å². The molecule has 146 valence electrons. The Kier molecular flexibility index (Phi) is 5.36. The van der Waals surface area contributed by atoms with Crippen LogP contribution >= 0.6 is 11.6 Å². The Hall–Kier alpha value is -3.11. The fourth-order valence-corrected chi connectivity index (χ4v) is 4.00. The van der Waals surface area contributed by atoms with Crippen LogP contribution in [0.3, 0.4) is 0 Å². The number of carbonyl (C=O) groups excluding carboxylic acids is 1. The van der Waals surface area contributed by atoms with Crippen LogP contribution in [-0.2, 0) is 11.3 Å². The molecule has 4 rings (SSSR count). The van der Waals surface area contributed by atoms with Gasteiger partial charge in [-0.25, -0.2) is 4.39 Å². The third-order valence-corrected chi connectivity index (χ3v) is 5.35. The smallest absolute Gasteiger partial charge is 0.218 e. The summed E-state index contributed by atoms with van der Waals surface area (Å²) in [6.45, 7) is 0.597. The molecule has 0 spiro atoms. The highest BCUT2D eigenvalue weighted by Crippen LogP contribution is 2.35. The van der Waals surface area contributed by atoms with Crippen molar-refractivity contribution in [1.82, 2.24) is 4.57 Å². The van der Waals surface area contributed by atoms with E-state index < -0.39 is 0 Å². The highest BCUT2D eigenvalue weighted by Gasteiger charge is 2.22. The predicted octanol–water partition coefficient (Wildman–Crippen LogP) is 5.49. The number of aromatic nitrogens is 1. The third-order valence-electron chi connectivity index (χ3n) is 5.12. The number of rotatable bonds is 6. The lowest BCUT2D eigenvalue weighted by molar-refractivity contribution is -0.118. The zero-order chi connectivity index (χ0) is 20.4. The number of nitrogens with zero attached hydrogens (tertiary/aromatic N) is 1. The first-order valence-corrected chi connectivity index (χ1v) is 9.75. The van der Waals surface area contributed by atoms with Gasteiger partial charge in [-0.3, -0.25) is 4.79 Å². The molecule has 0 saturated carbocycles. The molecular weight excluding hydrogens is 387 g/mol. The molecule has 0 radical (unpaired) electrons. The average molecular weight is 407 g/mol. The van der Waals surface area contributed by atoms with Crippen molar-refractivity contribution in [3.63, 3.8) is 0 Å². The van der Waals surface area contributed by atoms with Gasteiger partial charge in [0.2, 0.25) is 5.91 Å². The van der Waals surface area contributed by atoms with E-state index in [0.29, 0.717) is 11.6 Å². The lowest BCUT2D eigenvalue weighted by Crippen LogP contribution is -2.16. The Labute approximate surface area is 173 Å². The molecule has 4 aromatic rings. The van der Waals surface area contributed by atoms with Gasteiger partial charge in [-0.1, -0.05) is 54.1 Å². The Morgan fingerprint density at radius 1 is 1.03 bits per heavy atom. The minimum absolute atomic E-state index is 0.185. The van der Waals surface area contributed by atoms with Crippen LogP contribution in [0.4, 0.5) is 4.39 Å². The molecule has 0 unspecified atom stereocenters. The summed E-state index contributed by atoms with van der Waals surface area (Å²) in [4.78, 5) is 11.9. The molecule has 0 saturated heterocycles. The van der Waals surface area contributed by atoms with Crippen molar-refractivity contribution in [2.75, 3.05) is 0 Å². The SMILES string of the molecule is NC(=O)C[C@H](c1cccc(Cl)c1)c1cn(Cc2ccc(F)cc2)c2ccccc12. The standard InChI is InChI=1S/C24H20ClFN2O/c25-18-5-3-4-17(12-18)21(13-24(27)29)22-15-28(23-7-2-1-6-20(22)23)14-16-8-10-19(26)11-9-16/h1-12,15,21H,13-14H2,(H2,27,29)/t21-/m1/s1. The quantitative estimate of drug-likeness (QED) is 0.452. The van der Waals surface area contributed by atoms with Crippen molar-refractivity contribution < 1.29 is 9.18 Å². The van der Waals surface area contributed by atoms with E-state index in [0.717, 1.165) is 27.6 Å². The largest absolute Gasteiger partial charge is 0.370 e. The second kappa shape index (κ2) is 8.10. The van der Waals surface area contributed by atoms with Gasteiger partial charge in [0, 0.05) is 41.0 Å². The second-order valence-corrected chi connectivity index (χ2v) is 7.57. The van der Waals surface area contributed by atoms with Crippen LogP contribution < -0.4 is 5.73 Å². The van der Waals surface area contributed by atoms with Crippen molar-refractivity contribution in [2.45, 2.75) is 18.9 Å². The highest BCUT2D eigenvalue weighted by atomic mass is 35.5. The maximum Gasteiger partial charge on any atom is 0.218 e. The normalized spacial score (nSPS) is 12.2. The molecule has 5 heteroatoms. The van der Waals surface area contributed by atoms with Crippen molar-refractivity contribution in [3.05, 3.63) is 107 Å². The molecule has 0 aliphatic rings. The van der Waals surface area contributed by atoms with E-state index in [1.54, 1.807) is 12.1 Å². The third kappa shape index (κ3) is 4.17. The number of nitrogens with two attached hydrogens (primary N) is 1. The molecule has 1 atom stereocenters. The van der Waals surface area contributed by atoms with Gasteiger partial charge in [0.25, 0.3) is 0 Å². The molecule has 3 nitrogen and oxygen atoms in total. The molecule has 29 heavy (non-hydrogen) atoms. The Balaban J connectivity index is 1.83. The number of carbonyl (C=O) groups is 1. The number of hydrogen-bond acceptors (Lipinski definition) is 1. The molecule has 0 fully saturated rings. The van der Waals surface area contributed by atoms with Crippen LogP contribution in [0.1, 0.15) is 29.0 Å².